The number of nitrogens with one attached hydrogen (secondary N) is 1. The molecule has 7 nitrogen and oxygen atoms in total. The van der Waals surface area contributed by atoms with Crippen LogP contribution in [-0.4, -0.2) is 33.1 Å². The predicted molar refractivity (Wildman–Crippen MR) is 121 cm³/mol. The molecule has 4 rings (SSSR count). The quantitative estimate of drug-likeness (QED) is 0.650. The van der Waals surface area contributed by atoms with Gasteiger partial charge in [-0.3, -0.25) is 9.59 Å². The highest BCUT2D eigenvalue weighted by Gasteiger charge is 2.22. The Morgan fingerprint density at radius 2 is 1.90 bits per heavy atom. The minimum Gasteiger partial charge on any atom is -0.348 e. The van der Waals surface area contributed by atoms with Gasteiger partial charge in [-0.25, -0.2) is 9.67 Å². The van der Waals surface area contributed by atoms with Gasteiger partial charge in [0.25, 0.3) is 5.91 Å². The minimum absolute atomic E-state index is 0.142. The highest BCUT2D eigenvalue weighted by atomic mass is 16.2. The summed E-state index contributed by atoms with van der Waals surface area (Å²) in [6.07, 6.45) is 3.25. The molecule has 3 aromatic rings. The van der Waals surface area contributed by atoms with Crippen LogP contribution in [0.15, 0.2) is 36.5 Å². The number of carbonyl (C=O) groups is 2. The van der Waals surface area contributed by atoms with Crippen molar-refractivity contribution >= 4 is 28.5 Å². The van der Waals surface area contributed by atoms with Crippen molar-refractivity contribution in [1.82, 2.24) is 20.1 Å². The zero-order valence-corrected chi connectivity index (χ0v) is 18.6. The Morgan fingerprint density at radius 3 is 2.52 bits per heavy atom. The Bertz CT molecular complexity index is 1110. The molecule has 0 atom stereocenters. The summed E-state index contributed by atoms with van der Waals surface area (Å²) in [4.78, 5) is 31.6. The van der Waals surface area contributed by atoms with Crippen LogP contribution in [-0.2, 0) is 11.3 Å². The van der Waals surface area contributed by atoms with E-state index in [9.17, 15) is 9.59 Å². The molecule has 1 fully saturated rings. The fourth-order valence-electron chi connectivity index (χ4n) is 3.89. The van der Waals surface area contributed by atoms with E-state index in [1.165, 1.54) is 0 Å². The van der Waals surface area contributed by atoms with Gasteiger partial charge >= 0.3 is 0 Å². The van der Waals surface area contributed by atoms with Crippen molar-refractivity contribution < 1.29 is 9.59 Å². The minimum atomic E-state index is -0.142. The first-order chi connectivity index (χ1) is 14.8. The molecule has 1 aliphatic rings. The molecule has 1 aromatic carbocycles. The van der Waals surface area contributed by atoms with Crippen LogP contribution in [0.3, 0.4) is 0 Å². The van der Waals surface area contributed by atoms with Crippen molar-refractivity contribution in [3.05, 3.63) is 53.3 Å². The number of aromatic nitrogens is 3. The van der Waals surface area contributed by atoms with Crippen LogP contribution in [0.5, 0.6) is 0 Å². The maximum Gasteiger partial charge on any atom is 0.252 e. The molecule has 0 unspecified atom stereocenters. The number of fused-ring (bicyclic) bond motifs is 1. The van der Waals surface area contributed by atoms with Crippen LogP contribution in [0.1, 0.15) is 74.1 Å². The number of nitrogens with zero attached hydrogens (tertiary/aromatic N) is 4. The van der Waals surface area contributed by atoms with Crippen molar-refractivity contribution in [3.8, 4) is 0 Å². The van der Waals surface area contributed by atoms with Crippen LogP contribution in [0.2, 0.25) is 0 Å². The van der Waals surface area contributed by atoms with Gasteiger partial charge in [0.1, 0.15) is 0 Å². The van der Waals surface area contributed by atoms with Crippen LogP contribution >= 0.6 is 0 Å². The molecular weight excluding hydrogens is 390 g/mol. The average Bonchev–Trinajstić information content (AvgIpc) is 3.37. The maximum atomic E-state index is 13.1. The fourth-order valence-corrected chi connectivity index (χ4v) is 3.89. The number of anilines is 1. The predicted octanol–water partition coefficient (Wildman–Crippen LogP) is 4.19. The van der Waals surface area contributed by atoms with Crippen molar-refractivity contribution in [2.75, 3.05) is 11.4 Å². The first-order valence-electron chi connectivity index (χ1n) is 10.9. The lowest BCUT2D eigenvalue weighted by Crippen LogP contribution is -2.24. The van der Waals surface area contributed by atoms with E-state index in [2.05, 4.69) is 38.1 Å². The summed E-state index contributed by atoms with van der Waals surface area (Å²) in [5.74, 6) is 0.231. The highest BCUT2D eigenvalue weighted by Crippen LogP contribution is 2.25. The molecule has 162 valence electrons. The topological polar surface area (TPSA) is 80.1 Å². The van der Waals surface area contributed by atoms with Gasteiger partial charge in [-0.05, 0) is 49.9 Å². The van der Waals surface area contributed by atoms with E-state index in [4.69, 9.17) is 4.98 Å². The molecule has 7 heteroatoms. The molecule has 0 radical (unpaired) electrons. The molecule has 0 saturated carbocycles. The van der Waals surface area contributed by atoms with Crippen LogP contribution in [0.25, 0.3) is 11.0 Å². The largest absolute Gasteiger partial charge is 0.348 e. The van der Waals surface area contributed by atoms with E-state index >= 15 is 0 Å². The fraction of sp³-hybridized carbons (Fsp3) is 0.417. The Labute approximate surface area is 182 Å². The van der Waals surface area contributed by atoms with Gasteiger partial charge in [-0.2, -0.15) is 5.10 Å². The Balaban J connectivity index is 1.54. The molecule has 3 heterocycles. The first-order valence-corrected chi connectivity index (χ1v) is 10.9. The van der Waals surface area contributed by atoms with Gasteiger partial charge in [-0.15, -0.1) is 0 Å². The summed E-state index contributed by atoms with van der Waals surface area (Å²) >= 11 is 0. The smallest absolute Gasteiger partial charge is 0.252 e. The summed E-state index contributed by atoms with van der Waals surface area (Å²) in [7, 11) is 0. The third-order valence-corrected chi connectivity index (χ3v) is 5.69. The molecule has 1 saturated heterocycles. The normalized spacial score (nSPS) is 14.3. The average molecular weight is 420 g/mol. The summed E-state index contributed by atoms with van der Waals surface area (Å²) in [6.45, 7) is 9.42. The molecule has 2 amide bonds. The first kappa shape index (κ1) is 21.0. The second-order valence-electron chi connectivity index (χ2n) is 8.67. The highest BCUT2D eigenvalue weighted by molar-refractivity contribution is 6.05. The molecule has 0 bridgehead atoms. The summed E-state index contributed by atoms with van der Waals surface area (Å²) in [5.41, 5.74) is 4.11. The molecule has 1 aliphatic heterocycles. The SMILES string of the molecule is CC(C)c1cc(C(=O)NCc2ccc(N3CCCC3=O)cc2)c2cnn(C(C)C)c2n1. The van der Waals surface area contributed by atoms with E-state index in [1.807, 2.05) is 39.9 Å². The van der Waals surface area contributed by atoms with Crippen molar-refractivity contribution in [2.24, 2.45) is 0 Å². The monoisotopic (exact) mass is 419 g/mol. The second-order valence-corrected chi connectivity index (χ2v) is 8.67. The van der Waals surface area contributed by atoms with Crippen LogP contribution in [0.4, 0.5) is 5.69 Å². The number of hydrogen-bond acceptors (Lipinski definition) is 4. The van der Waals surface area contributed by atoms with E-state index in [0.29, 0.717) is 18.5 Å². The van der Waals surface area contributed by atoms with Gasteiger partial charge in [-0.1, -0.05) is 26.0 Å². The van der Waals surface area contributed by atoms with Gasteiger partial charge in [0.15, 0.2) is 5.65 Å². The number of carbonyl (C=O) groups excluding carboxylic acids is 2. The molecule has 0 spiro atoms. The van der Waals surface area contributed by atoms with E-state index in [1.54, 1.807) is 6.20 Å². The summed E-state index contributed by atoms with van der Waals surface area (Å²) in [6, 6.07) is 9.83. The Kier molecular flexibility index (Phi) is 5.76. The van der Waals surface area contributed by atoms with E-state index in [-0.39, 0.29) is 23.8 Å². The lowest BCUT2D eigenvalue weighted by molar-refractivity contribution is -0.117. The third kappa shape index (κ3) is 4.17. The second kappa shape index (κ2) is 8.49. The number of hydrogen-bond donors (Lipinski definition) is 1. The van der Waals surface area contributed by atoms with Crippen LogP contribution in [0, 0.1) is 0 Å². The Morgan fingerprint density at radius 1 is 1.16 bits per heavy atom. The van der Waals surface area contributed by atoms with Gasteiger partial charge in [0.2, 0.25) is 5.91 Å². The van der Waals surface area contributed by atoms with Crippen molar-refractivity contribution in [2.45, 2.75) is 59.0 Å². The summed E-state index contributed by atoms with van der Waals surface area (Å²) < 4.78 is 1.86. The molecule has 2 aromatic heterocycles. The zero-order chi connectivity index (χ0) is 22.1. The van der Waals surface area contributed by atoms with E-state index in [0.717, 1.165) is 40.9 Å². The number of benzene rings is 1. The maximum absolute atomic E-state index is 13.1. The third-order valence-electron chi connectivity index (χ3n) is 5.69. The lowest BCUT2D eigenvalue weighted by Gasteiger charge is -2.16. The molecule has 31 heavy (non-hydrogen) atoms. The van der Waals surface area contributed by atoms with Crippen molar-refractivity contribution in [1.29, 1.82) is 0 Å². The summed E-state index contributed by atoms with van der Waals surface area (Å²) in [5, 5.41) is 8.24. The molecule has 1 N–H and O–H groups in total. The standard InChI is InChI=1S/C24H29N5O2/c1-15(2)21-12-19(20-14-26-29(16(3)4)23(20)27-21)24(31)25-13-17-7-9-18(10-8-17)28-11-5-6-22(28)30/h7-10,12,14-16H,5-6,11,13H2,1-4H3,(H,25,31). The zero-order valence-electron chi connectivity index (χ0n) is 18.6. The molecular formula is C24H29N5O2. The van der Waals surface area contributed by atoms with Crippen LogP contribution < -0.4 is 10.2 Å². The van der Waals surface area contributed by atoms with Gasteiger partial charge in [0.05, 0.1) is 17.1 Å². The Hall–Kier alpha value is -3.22. The lowest BCUT2D eigenvalue weighted by atomic mass is 10.0. The van der Waals surface area contributed by atoms with E-state index < -0.39 is 0 Å². The van der Waals surface area contributed by atoms with Gasteiger partial charge in [0, 0.05) is 36.9 Å². The number of amides is 2. The van der Waals surface area contributed by atoms with Gasteiger partial charge < -0.3 is 10.2 Å². The number of pyridine rings is 1. The number of rotatable bonds is 6. The molecule has 0 aliphatic carbocycles. The van der Waals surface area contributed by atoms with Crippen molar-refractivity contribution in [3.63, 3.8) is 0 Å².